The van der Waals surface area contributed by atoms with E-state index < -0.39 is 11.1 Å². The van der Waals surface area contributed by atoms with Gasteiger partial charge in [0.05, 0.1) is 4.90 Å². The van der Waals surface area contributed by atoms with Crippen LogP contribution < -0.4 is 0 Å². The van der Waals surface area contributed by atoms with E-state index in [9.17, 15) is 8.76 Å². The van der Waals surface area contributed by atoms with Crippen molar-refractivity contribution in [2.75, 3.05) is 0 Å². The molecule has 0 heterocycles. The average Bonchev–Trinajstić information content (AvgIpc) is 2.48. The Bertz CT molecular complexity index is 766. The minimum Gasteiger partial charge on any atom is -0.302 e. The van der Waals surface area contributed by atoms with E-state index in [1.807, 2.05) is 60.7 Å². The molecule has 1 unspecified atom stereocenters. The normalized spacial score (nSPS) is 12.4. The fourth-order valence-electron chi connectivity index (χ4n) is 2.46. The molecule has 1 atom stereocenters. The summed E-state index contributed by atoms with van der Waals surface area (Å²) in [5.74, 6) is 0. The molecule has 0 spiro atoms. The largest absolute Gasteiger partial charge is 0.302 e. The van der Waals surface area contributed by atoms with Crippen molar-refractivity contribution >= 4 is 21.9 Å². The number of benzene rings is 3. The fraction of sp³-hybridized carbons (Fsp3) is 0.0588. The summed E-state index contributed by atoms with van der Waals surface area (Å²) in [5.41, 5.74) is 2.06. The molecule has 0 aliphatic carbocycles. The summed E-state index contributed by atoms with van der Waals surface area (Å²) in [7, 11) is 0. The second-order valence-corrected chi connectivity index (χ2v) is 5.61. The third-order valence-electron chi connectivity index (χ3n) is 3.41. The molecule has 3 aromatic rings. The summed E-state index contributed by atoms with van der Waals surface area (Å²) in [5, 5.41) is 2.13. The van der Waals surface area contributed by atoms with Gasteiger partial charge in [0.25, 0.3) is 0 Å². The Balaban J connectivity index is 2.20. The lowest BCUT2D eigenvalue weighted by molar-refractivity contribution is 0.563. The first kappa shape index (κ1) is 13.0. The van der Waals surface area contributed by atoms with Crippen LogP contribution in [0.3, 0.4) is 0 Å². The molecule has 3 heteroatoms. The topological polar surface area (TPSA) is 37.3 Å². The van der Waals surface area contributed by atoms with Gasteiger partial charge in [-0.25, -0.2) is 4.21 Å². The van der Waals surface area contributed by atoms with E-state index in [4.69, 9.17) is 0 Å². The summed E-state index contributed by atoms with van der Waals surface area (Å²) < 4.78 is 21.1. The van der Waals surface area contributed by atoms with Gasteiger partial charge in [0, 0.05) is 0 Å². The average molecular weight is 282 g/mol. The van der Waals surface area contributed by atoms with Crippen molar-refractivity contribution in [3.05, 3.63) is 77.9 Å². The van der Waals surface area contributed by atoms with E-state index in [-0.39, 0.29) is 0 Å². The van der Waals surface area contributed by atoms with Gasteiger partial charge in [-0.2, -0.15) is 0 Å². The Morgan fingerprint density at radius 2 is 1.55 bits per heavy atom. The third kappa shape index (κ3) is 2.50. The maximum Gasteiger partial charge on any atom is 0.186 e. The molecule has 0 amide bonds. The molecule has 1 N–H and O–H groups in total. The first-order valence-corrected chi connectivity index (χ1v) is 7.52. The monoisotopic (exact) mass is 282 g/mol. The van der Waals surface area contributed by atoms with Crippen LogP contribution >= 0.6 is 0 Å². The maximum atomic E-state index is 11.6. The molecular formula is C17H14O2S. The molecule has 0 fully saturated rings. The van der Waals surface area contributed by atoms with E-state index in [0.29, 0.717) is 11.3 Å². The molecule has 0 aliphatic heterocycles. The minimum absolute atomic E-state index is 0.493. The zero-order valence-electron chi connectivity index (χ0n) is 10.8. The summed E-state index contributed by atoms with van der Waals surface area (Å²) in [6.07, 6.45) is 0.657. The van der Waals surface area contributed by atoms with Crippen LogP contribution in [0.5, 0.6) is 0 Å². The highest BCUT2D eigenvalue weighted by atomic mass is 32.2. The van der Waals surface area contributed by atoms with Crippen LogP contribution in [-0.2, 0) is 17.5 Å². The molecule has 0 aromatic heterocycles. The van der Waals surface area contributed by atoms with Gasteiger partial charge in [-0.3, -0.25) is 0 Å². The molecule has 0 bridgehead atoms. The van der Waals surface area contributed by atoms with Crippen molar-refractivity contribution in [1.82, 2.24) is 0 Å². The van der Waals surface area contributed by atoms with Crippen molar-refractivity contribution in [1.29, 1.82) is 0 Å². The quantitative estimate of drug-likeness (QED) is 0.737. The predicted molar refractivity (Wildman–Crippen MR) is 82.2 cm³/mol. The van der Waals surface area contributed by atoms with Gasteiger partial charge in [-0.05, 0) is 34.4 Å². The van der Waals surface area contributed by atoms with Gasteiger partial charge in [0.2, 0.25) is 0 Å². The highest BCUT2D eigenvalue weighted by Gasteiger charge is 2.12. The third-order valence-corrected chi connectivity index (χ3v) is 4.17. The lowest BCUT2D eigenvalue weighted by Crippen LogP contribution is -1.99. The lowest BCUT2D eigenvalue weighted by atomic mass is 9.98. The van der Waals surface area contributed by atoms with Crippen LogP contribution in [0.25, 0.3) is 10.8 Å². The van der Waals surface area contributed by atoms with Crippen molar-refractivity contribution in [2.24, 2.45) is 0 Å². The van der Waals surface area contributed by atoms with Crippen molar-refractivity contribution in [3.8, 4) is 0 Å². The van der Waals surface area contributed by atoms with E-state index in [1.165, 1.54) is 0 Å². The summed E-state index contributed by atoms with van der Waals surface area (Å²) in [4.78, 5) is 0.493. The number of rotatable bonds is 3. The SMILES string of the molecule is O=S(O)c1ccc2ccccc2c1Cc1ccccc1. The molecule has 0 saturated carbocycles. The van der Waals surface area contributed by atoms with Gasteiger partial charge < -0.3 is 4.55 Å². The van der Waals surface area contributed by atoms with Crippen LogP contribution in [-0.4, -0.2) is 8.76 Å². The zero-order valence-corrected chi connectivity index (χ0v) is 11.6. The Morgan fingerprint density at radius 1 is 0.850 bits per heavy atom. The van der Waals surface area contributed by atoms with Gasteiger partial charge in [-0.1, -0.05) is 60.7 Å². The van der Waals surface area contributed by atoms with Gasteiger partial charge in [0.15, 0.2) is 11.1 Å². The second-order valence-electron chi connectivity index (χ2n) is 4.67. The summed E-state index contributed by atoms with van der Waals surface area (Å²) in [6, 6.07) is 21.6. The number of hydrogen-bond acceptors (Lipinski definition) is 1. The Hall–Kier alpha value is -1.97. The van der Waals surface area contributed by atoms with Crippen molar-refractivity contribution < 1.29 is 8.76 Å². The van der Waals surface area contributed by atoms with Gasteiger partial charge >= 0.3 is 0 Å². The van der Waals surface area contributed by atoms with Crippen molar-refractivity contribution in [2.45, 2.75) is 11.3 Å². The molecule has 0 saturated heterocycles. The van der Waals surface area contributed by atoms with Crippen LogP contribution in [0.4, 0.5) is 0 Å². The van der Waals surface area contributed by atoms with Crippen LogP contribution in [0.1, 0.15) is 11.1 Å². The summed E-state index contributed by atoms with van der Waals surface area (Å²) in [6.45, 7) is 0. The van der Waals surface area contributed by atoms with Crippen molar-refractivity contribution in [3.63, 3.8) is 0 Å². The summed E-state index contributed by atoms with van der Waals surface area (Å²) >= 11 is -1.97. The smallest absolute Gasteiger partial charge is 0.186 e. The maximum absolute atomic E-state index is 11.6. The number of hydrogen-bond donors (Lipinski definition) is 1. The van der Waals surface area contributed by atoms with Crippen LogP contribution in [0, 0.1) is 0 Å². The molecule has 0 radical (unpaired) electrons. The zero-order chi connectivity index (χ0) is 13.9. The molecule has 0 aliphatic rings. The van der Waals surface area contributed by atoms with E-state index in [2.05, 4.69) is 0 Å². The Morgan fingerprint density at radius 3 is 2.30 bits per heavy atom. The van der Waals surface area contributed by atoms with E-state index in [0.717, 1.165) is 21.9 Å². The molecular weight excluding hydrogens is 268 g/mol. The van der Waals surface area contributed by atoms with Crippen LogP contribution in [0.2, 0.25) is 0 Å². The Labute approximate surface area is 120 Å². The number of fused-ring (bicyclic) bond motifs is 1. The fourth-order valence-corrected chi connectivity index (χ4v) is 3.04. The highest BCUT2D eigenvalue weighted by molar-refractivity contribution is 7.79. The van der Waals surface area contributed by atoms with Gasteiger partial charge in [0.1, 0.15) is 0 Å². The Kier molecular flexibility index (Phi) is 3.63. The molecule has 100 valence electrons. The molecule has 3 aromatic carbocycles. The van der Waals surface area contributed by atoms with E-state index >= 15 is 0 Å². The molecule has 3 rings (SSSR count). The van der Waals surface area contributed by atoms with E-state index in [1.54, 1.807) is 6.07 Å². The lowest BCUT2D eigenvalue weighted by Gasteiger charge is -2.11. The first-order chi connectivity index (χ1) is 9.75. The van der Waals surface area contributed by atoms with Crippen LogP contribution in [0.15, 0.2) is 71.6 Å². The molecule has 20 heavy (non-hydrogen) atoms. The molecule has 2 nitrogen and oxygen atoms in total. The minimum atomic E-state index is -1.97. The van der Waals surface area contributed by atoms with Gasteiger partial charge in [-0.15, -0.1) is 0 Å². The first-order valence-electron chi connectivity index (χ1n) is 6.41. The predicted octanol–water partition coefficient (Wildman–Crippen LogP) is 4.01. The highest BCUT2D eigenvalue weighted by Crippen LogP contribution is 2.26. The second kappa shape index (κ2) is 5.57. The standard InChI is InChI=1S/C17H14O2S/c18-20(19)17-11-10-14-8-4-5-9-15(14)16(17)12-13-6-2-1-3-7-13/h1-11H,12H2,(H,18,19).